The Morgan fingerprint density at radius 1 is 1.33 bits per heavy atom. The first kappa shape index (κ1) is 9.73. The zero-order chi connectivity index (χ0) is 10.8. The molecule has 1 heterocycles. The zero-order valence-electron chi connectivity index (χ0n) is 7.48. The molecule has 1 N–H and O–H groups in total. The minimum atomic E-state index is -0.477. The van der Waals surface area contributed by atoms with Crippen molar-refractivity contribution in [2.24, 2.45) is 0 Å². The number of hydrogen-bond acceptors (Lipinski definition) is 4. The molecule has 0 unspecified atom stereocenters. The van der Waals surface area contributed by atoms with Crippen LogP contribution < -0.4 is 0 Å². The molecule has 0 atom stereocenters. The summed E-state index contributed by atoms with van der Waals surface area (Å²) in [6.07, 6.45) is 0.429. The van der Waals surface area contributed by atoms with Gasteiger partial charge in [-0.25, -0.2) is 4.98 Å². The van der Waals surface area contributed by atoms with Crippen LogP contribution in [0.15, 0.2) is 28.7 Å². The van der Waals surface area contributed by atoms with Crippen LogP contribution in [0.25, 0.3) is 11.5 Å². The molecule has 5 heteroatoms. The van der Waals surface area contributed by atoms with Crippen molar-refractivity contribution in [2.45, 2.75) is 0 Å². The van der Waals surface area contributed by atoms with Gasteiger partial charge in [-0.2, -0.15) is 0 Å². The Hall–Kier alpha value is -1.81. The van der Waals surface area contributed by atoms with E-state index in [0.717, 1.165) is 0 Å². The number of rotatable bonds is 2. The van der Waals surface area contributed by atoms with Crippen molar-refractivity contribution in [2.75, 3.05) is 0 Å². The Balaban J connectivity index is 2.45. The molecule has 0 fully saturated rings. The molecule has 0 saturated carbocycles. The van der Waals surface area contributed by atoms with Crippen molar-refractivity contribution in [3.63, 3.8) is 0 Å². The van der Waals surface area contributed by atoms with E-state index >= 15 is 0 Å². The number of hydrogen-bond donors (Lipinski definition) is 1. The normalized spacial score (nSPS) is 10.2. The number of carbonyl (C=O) groups excluding carboxylic acids is 1. The third kappa shape index (κ3) is 1.85. The minimum absolute atomic E-state index is 0.111. The van der Waals surface area contributed by atoms with Crippen molar-refractivity contribution in [3.8, 4) is 17.4 Å². The van der Waals surface area contributed by atoms with Gasteiger partial charge in [-0.05, 0) is 24.3 Å². The SMILES string of the molecule is O=Cc1nc(-c2ccc(Cl)cc2)oc1O. The molecule has 1 aromatic heterocycles. The number of benzene rings is 1. The first-order valence-corrected chi connectivity index (χ1v) is 4.49. The summed E-state index contributed by atoms with van der Waals surface area (Å²) in [4.78, 5) is 14.2. The fourth-order valence-electron chi connectivity index (χ4n) is 1.12. The topological polar surface area (TPSA) is 63.3 Å². The minimum Gasteiger partial charge on any atom is -0.479 e. The van der Waals surface area contributed by atoms with E-state index in [1.165, 1.54) is 0 Å². The second-order valence-electron chi connectivity index (χ2n) is 2.83. The Kier molecular flexibility index (Phi) is 2.43. The maximum absolute atomic E-state index is 10.4. The number of halogens is 1. The quantitative estimate of drug-likeness (QED) is 0.795. The number of aldehydes is 1. The van der Waals surface area contributed by atoms with E-state index < -0.39 is 5.95 Å². The van der Waals surface area contributed by atoms with Gasteiger partial charge < -0.3 is 9.52 Å². The van der Waals surface area contributed by atoms with Crippen LogP contribution in [0.3, 0.4) is 0 Å². The highest BCUT2D eigenvalue weighted by molar-refractivity contribution is 6.30. The molecule has 4 nitrogen and oxygen atoms in total. The van der Waals surface area contributed by atoms with Gasteiger partial charge in [-0.15, -0.1) is 0 Å². The standard InChI is InChI=1S/C10H6ClNO3/c11-7-3-1-6(2-4-7)9-12-8(5-13)10(14)15-9/h1-5,14H. The maximum Gasteiger partial charge on any atom is 0.314 e. The van der Waals surface area contributed by atoms with E-state index in [0.29, 0.717) is 16.9 Å². The van der Waals surface area contributed by atoms with E-state index in [1.807, 2.05) is 0 Å². The first-order chi connectivity index (χ1) is 7.20. The van der Waals surface area contributed by atoms with Crippen molar-refractivity contribution >= 4 is 17.9 Å². The summed E-state index contributed by atoms with van der Waals surface area (Å²) in [7, 11) is 0. The van der Waals surface area contributed by atoms with Crippen LogP contribution in [0.5, 0.6) is 5.95 Å². The fraction of sp³-hybridized carbons (Fsp3) is 0. The van der Waals surface area contributed by atoms with Crippen molar-refractivity contribution in [3.05, 3.63) is 35.0 Å². The summed E-state index contributed by atoms with van der Waals surface area (Å²) >= 11 is 5.71. The van der Waals surface area contributed by atoms with Crippen molar-refractivity contribution in [1.82, 2.24) is 4.98 Å². The lowest BCUT2D eigenvalue weighted by atomic mass is 10.2. The molecule has 0 aliphatic carbocycles. The monoisotopic (exact) mass is 223 g/mol. The Bertz CT molecular complexity index is 490. The van der Waals surface area contributed by atoms with Gasteiger partial charge in [0, 0.05) is 10.6 Å². The van der Waals surface area contributed by atoms with Crippen LogP contribution in [0.1, 0.15) is 10.5 Å². The number of aromatic nitrogens is 1. The van der Waals surface area contributed by atoms with Crippen LogP contribution in [-0.2, 0) is 0 Å². The van der Waals surface area contributed by atoms with Gasteiger partial charge in [0.25, 0.3) is 0 Å². The molecule has 2 rings (SSSR count). The number of carbonyl (C=O) groups is 1. The highest BCUT2D eigenvalue weighted by Gasteiger charge is 2.12. The van der Waals surface area contributed by atoms with Gasteiger partial charge in [-0.1, -0.05) is 11.6 Å². The highest BCUT2D eigenvalue weighted by Crippen LogP contribution is 2.26. The molecule has 0 spiro atoms. The Morgan fingerprint density at radius 2 is 2.00 bits per heavy atom. The Morgan fingerprint density at radius 3 is 2.53 bits per heavy atom. The molecule has 0 aliphatic rings. The second kappa shape index (κ2) is 3.74. The van der Waals surface area contributed by atoms with Crippen LogP contribution in [-0.4, -0.2) is 16.4 Å². The van der Waals surface area contributed by atoms with Gasteiger partial charge in [0.2, 0.25) is 5.89 Å². The first-order valence-electron chi connectivity index (χ1n) is 4.11. The molecule has 0 aliphatic heterocycles. The summed E-state index contributed by atoms with van der Waals surface area (Å²) in [5.74, 6) is -0.291. The Labute approximate surface area is 90.1 Å². The lowest BCUT2D eigenvalue weighted by Crippen LogP contribution is -1.80. The highest BCUT2D eigenvalue weighted by atomic mass is 35.5. The molecule has 0 amide bonds. The second-order valence-corrected chi connectivity index (χ2v) is 3.27. The summed E-state index contributed by atoms with van der Waals surface area (Å²) in [6.45, 7) is 0. The molecular weight excluding hydrogens is 218 g/mol. The molecule has 0 bridgehead atoms. The average molecular weight is 224 g/mol. The van der Waals surface area contributed by atoms with E-state index in [9.17, 15) is 4.79 Å². The summed E-state index contributed by atoms with van der Waals surface area (Å²) in [5.41, 5.74) is 0.530. The predicted molar refractivity (Wildman–Crippen MR) is 54.0 cm³/mol. The lowest BCUT2D eigenvalue weighted by Gasteiger charge is -1.93. The molecular formula is C10H6ClNO3. The number of aromatic hydroxyl groups is 1. The van der Waals surface area contributed by atoms with Crippen LogP contribution in [0.4, 0.5) is 0 Å². The molecule has 1 aromatic carbocycles. The van der Waals surface area contributed by atoms with E-state index in [1.54, 1.807) is 24.3 Å². The van der Waals surface area contributed by atoms with Gasteiger partial charge in [0.1, 0.15) is 0 Å². The summed E-state index contributed by atoms with van der Waals surface area (Å²) in [5, 5.41) is 9.75. The van der Waals surface area contributed by atoms with Gasteiger partial charge in [0.15, 0.2) is 12.0 Å². The number of nitrogens with zero attached hydrogens (tertiary/aromatic N) is 1. The van der Waals surface area contributed by atoms with Gasteiger partial charge >= 0.3 is 5.95 Å². The summed E-state index contributed by atoms with van der Waals surface area (Å²) in [6, 6.07) is 6.70. The molecule has 76 valence electrons. The van der Waals surface area contributed by atoms with Gasteiger partial charge in [0.05, 0.1) is 0 Å². The van der Waals surface area contributed by atoms with Crippen molar-refractivity contribution < 1.29 is 14.3 Å². The van der Waals surface area contributed by atoms with E-state index in [2.05, 4.69) is 4.98 Å². The maximum atomic E-state index is 10.4. The van der Waals surface area contributed by atoms with Gasteiger partial charge in [-0.3, -0.25) is 4.79 Å². The van der Waals surface area contributed by atoms with Crippen molar-refractivity contribution in [1.29, 1.82) is 0 Å². The predicted octanol–water partition coefficient (Wildman–Crippen LogP) is 2.51. The smallest absolute Gasteiger partial charge is 0.314 e. The van der Waals surface area contributed by atoms with Crippen LogP contribution in [0, 0.1) is 0 Å². The largest absolute Gasteiger partial charge is 0.479 e. The third-order valence-corrected chi connectivity index (χ3v) is 2.09. The lowest BCUT2D eigenvalue weighted by molar-refractivity contribution is 0.111. The fourth-order valence-corrected chi connectivity index (χ4v) is 1.24. The van der Waals surface area contributed by atoms with Crippen LogP contribution in [0.2, 0.25) is 5.02 Å². The zero-order valence-corrected chi connectivity index (χ0v) is 8.23. The molecule has 0 saturated heterocycles. The number of oxazole rings is 1. The van der Waals surface area contributed by atoms with E-state index in [4.69, 9.17) is 21.1 Å². The van der Waals surface area contributed by atoms with E-state index in [-0.39, 0.29) is 11.6 Å². The molecule has 2 aromatic rings. The molecule has 0 radical (unpaired) electrons. The average Bonchev–Trinajstić information content (AvgIpc) is 2.61. The van der Waals surface area contributed by atoms with Crippen LogP contribution >= 0.6 is 11.6 Å². The third-order valence-electron chi connectivity index (χ3n) is 1.84. The summed E-state index contributed by atoms with van der Waals surface area (Å²) < 4.78 is 4.90. The molecule has 15 heavy (non-hydrogen) atoms.